The van der Waals surface area contributed by atoms with Gasteiger partial charge >= 0.3 is 0 Å². The number of nitrogens with two attached hydrogens (primary N) is 1. The Morgan fingerprint density at radius 3 is 2.62 bits per heavy atom. The summed E-state index contributed by atoms with van der Waals surface area (Å²) in [5, 5.41) is 0. The molecular weight excluding hydrogens is 207 g/mol. The monoisotopic (exact) mass is 220 g/mol. The highest BCUT2D eigenvalue weighted by atomic mass is 35.5. The molecule has 74 valence electrons. The van der Waals surface area contributed by atoms with Gasteiger partial charge in [0.2, 0.25) is 0 Å². The summed E-state index contributed by atoms with van der Waals surface area (Å²) in [5.41, 5.74) is 7.90. The van der Waals surface area contributed by atoms with Gasteiger partial charge < -0.3 is 5.73 Å². The van der Waals surface area contributed by atoms with Crippen molar-refractivity contribution in [2.75, 3.05) is 0 Å². The molecule has 0 unspecified atom stereocenters. The van der Waals surface area contributed by atoms with Crippen LogP contribution >= 0.6 is 24.8 Å². The van der Waals surface area contributed by atoms with Gasteiger partial charge in [0.25, 0.3) is 0 Å². The molecule has 0 amide bonds. The normalized spacial score (nSPS) is 14.2. The summed E-state index contributed by atoms with van der Waals surface area (Å²) in [7, 11) is 0. The molecule has 2 N–H and O–H groups in total. The van der Waals surface area contributed by atoms with Gasteiger partial charge in [-0.05, 0) is 36.5 Å². The molecule has 0 saturated heterocycles. The molecule has 13 heavy (non-hydrogen) atoms. The van der Waals surface area contributed by atoms with Crippen molar-refractivity contribution in [2.24, 2.45) is 5.73 Å². The molecule has 4 heteroatoms. The fourth-order valence-corrected chi connectivity index (χ4v) is 1.28. The third-order valence-electron chi connectivity index (χ3n) is 2.10. The quantitative estimate of drug-likeness (QED) is 0.831. The van der Waals surface area contributed by atoms with Crippen molar-refractivity contribution in [2.45, 2.75) is 25.3 Å². The minimum atomic E-state index is 0. The second kappa shape index (κ2) is 5.43. The Hall–Kier alpha value is -0.310. The van der Waals surface area contributed by atoms with Crippen LogP contribution in [0.5, 0.6) is 0 Å². The number of nitrogens with zero attached hydrogens (tertiary/aromatic N) is 1. The van der Waals surface area contributed by atoms with Gasteiger partial charge in [0.05, 0.1) is 5.69 Å². The maximum Gasteiger partial charge on any atom is 0.0542 e. The number of hydrogen-bond acceptors (Lipinski definition) is 2. The van der Waals surface area contributed by atoms with Gasteiger partial charge in [-0.15, -0.1) is 24.8 Å². The van der Waals surface area contributed by atoms with E-state index in [0.29, 0.717) is 6.54 Å². The second-order valence-electron chi connectivity index (χ2n) is 3.06. The zero-order valence-electron chi connectivity index (χ0n) is 7.27. The Bertz CT molecular complexity index is 262. The van der Waals surface area contributed by atoms with E-state index < -0.39 is 0 Å². The summed E-state index contributed by atoms with van der Waals surface area (Å²) in [4.78, 5) is 4.14. The summed E-state index contributed by atoms with van der Waals surface area (Å²) in [5.74, 6) is 0.809. The molecule has 1 aromatic rings. The van der Waals surface area contributed by atoms with Gasteiger partial charge in [0.1, 0.15) is 0 Å². The lowest BCUT2D eigenvalue weighted by Crippen LogP contribution is -1.99. The van der Waals surface area contributed by atoms with Crippen LogP contribution < -0.4 is 5.73 Å². The van der Waals surface area contributed by atoms with Crippen LogP contribution in [0.2, 0.25) is 0 Å². The highest BCUT2D eigenvalue weighted by molar-refractivity contribution is 5.85. The standard InChI is InChI=1S/C9H12N2.2ClH/c10-6-9-5-8(3-4-11-9)7-1-2-7;;/h3-5,7H,1-2,6,10H2;2*1H. The van der Waals surface area contributed by atoms with E-state index in [1.54, 1.807) is 0 Å². The number of hydrogen-bond donors (Lipinski definition) is 1. The summed E-state index contributed by atoms with van der Waals surface area (Å²) < 4.78 is 0. The average Bonchev–Trinajstić information content (AvgIpc) is 2.87. The molecular formula is C9H14Cl2N2. The Labute approximate surface area is 90.8 Å². The van der Waals surface area contributed by atoms with E-state index >= 15 is 0 Å². The van der Waals surface area contributed by atoms with E-state index in [2.05, 4.69) is 17.1 Å². The van der Waals surface area contributed by atoms with Gasteiger partial charge in [-0.2, -0.15) is 0 Å². The minimum absolute atomic E-state index is 0. The second-order valence-corrected chi connectivity index (χ2v) is 3.06. The fourth-order valence-electron chi connectivity index (χ4n) is 1.28. The van der Waals surface area contributed by atoms with Crippen molar-refractivity contribution in [1.82, 2.24) is 4.98 Å². The molecule has 1 aliphatic carbocycles. The molecule has 0 bridgehead atoms. The van der Waals surface area contributed by atoms with Crippen molar-refractivity contribution in [3.63, 3.8) is 0 Å². The Kier molecular flexibility index (Phi) is 5.30. The largest absolute Gasteiger partial charge is 0.325 e. The van der Waals surface area contributed by atoms with Crippen LogP contribution in [0, 0.1) is 0 Å². The van der Waals surface area contributed by atoms with Crippen molar-refractivity contribution >= 4 is 24.8 Å². The van der Waals surface area contributed by atoms with Crippen LogP contribution in [-0.2, 0) is 6.54 Å². The van der Waals surface area contributed by atoms with Gasteiger partial charge in [-0.25, -0.2) is 0 Å². The molecule has 1 fully saturated rings. The number of aromatic nitrogens is 1. The molecule has 1 aliphatic rings. The first-order valence-electron chi connectivity index (χ1n) is 4.05. The fraction of sp³-hybridized carbons (Fsp3) is 0.444. The molecule has 1 heterocycles. The van der Waals surface area contributed by atoms with E-state index in [9.17, 15) is 0 Å². The Morgan fingerprint density at radius 2 is 2.08 bits per heavy atom. The third-order valence-corrected chi connectivity index (χ3v) is 2.10. The number of pyridine rings is 1. The molecule has 2 nitrogen and oxygen atoms in total. The average molecular weight is 221 g/mol. The van der Waals surface area contributed by atoms with Gasteiger partial charge in [0.15, 0.2) is 0 Å². The summed E-state index contributed by atoms with van der Waals surface area (Å²) in [6, 6.07) is 4.22. The van der Waals surface area contributed by atoms with E-state index in [0.717, 1.165) is 11.6 Å². The lowest BCUT2D eigenvalue weighted by atomic mass is 10.1. The zero-order valence-corrected chi connectivity index (χ0v) is 8.90. The van der Waals surface area contributed by atoms with Crippen LogP contribution in [0.25, 0.3) is 0 Å². The van der Waals surface area contributed by atoms with Crippen molar-refractivity contribution < 1.29 is 0 Å². The van der Waals surface area contributed by atoms with Gasteiger partial charge in [0, 0.05) is 12.7 Å². The van der Waals surface area contributed by atoms with Crippen molar-refractivity contribution in [3.8, 4) is 0 Å². The van der Waals surface area contributed by atoms with E-state index in [-0.39, 0.29) is 24.8 Å². The number of halogens is 2. The molecule has 0 radical (unpaired) electrons. The summed E-state index contributed by atoms with van der Waals surface area (Å²) in [6.07, 6.45) is 4.54. The molecule has 1 saturated carbocycles. The van der Waals surface area contributed by atoms with Crippen molar-refractivity contribution in [3.05, 3.63) is 29.6 Å². The first-order valence-corrected chi connectivity index (χ1v) is 4.05. The van der Waals surface area contributed by atoms with Crippen LogP contribution in [0.15, 0.2) is 18.3 Å². The summed E-state index contributed by atoms with van der Waals surface area (Å²) in [6.45, 7) is 0.556. The van der Waals surface area contributed by atoms with E-state index in [1.165, 1.54) is 18.4 Å². The Morgan fingerprint density at radius 1 is 1.38 bits per heavy atom. The zero-order chi connectivity index (χ0) is 7.68. The molecule has 0 atom stereocenters. The lowest BCUT2D eigenvalue weighted by molar-refractivity contribution is 0.969. The maximum atomic E-state index is 5.48. The van der Waals surface area contributed by atoms with Crippen LogP contribution in [0.1, 0.15) is 30.0 Å². The van der Waals surface area contributed by atoms with Crippen LogP contribution in [0.4, 0.5) is 0 Å². The molecule has 0 aromatic carbocycles. The summed E-state index contributed by atoms with van der Waals surface area (Å²) >= 11 is 0. The lowest BCUT2D eigenvalue weighted by Gasteiger charge is -1.99. The van der Waals surface area contributed by atoms with Crippen LogP contribution in [-0.4, -0.2) is 4.98 Å². The van der Waals surface area contributed by atoms with Gasteiger partial charge in [-0.1, -0.05) is 0 Å². The molecule has 0 aliphatic heterocycles. The molecule has 1 aromatic heterocycles. The SMILES string of the molecule is Cl.Cl.NCc1cc(C2CC2)ccn1. The van der Waals surface area contributed by atoms with E-state index in [4.69, 9.17) is 5.73 Å². The Balaban J connectivity index is 0.000000720. The van der Waals surface area contributed by atoms with E-state index in [1.807, 2.05) is 6.20 Å². The predicted molar refractivity (Wildman–Crippen MR) is 58.6 cm³/mol. The van der Waals surface area contributed by atoms with Gasteiger partial charge in [-0.3, -0.25) is 4.98 Å². The molecule has 2 rings (SSSR count). The third kappa shape index (κ3) is 3.14. The topological polar surface area (TPSA) is 38.9 Å². The highest BCUT2D eigenvalue weighted by Gasteiger charge is 2.23. The smallest absolute Gasteiger partial charge is 0.0542 e. The number of rotatable bonds is 2. The first-order chi connectivity index (χ1) is 5.40. The minimum Gasteiger partial charge on any atom is -0.325 e. The van der Waals surface area contributed by atoms with Crippen molar-refractivity contribution in [1.29, 1.82) is 0 Å². The molecule has 0 spiro atoms. The maximum absolute atomic E-state index is 5.48. The predicted octanol–water partition coefficient (Wildman–Crippen LogP) is 2.26. The highest BCUT2D eigenvalue weighted by Crippen LogP contribution is 2.39. The first kappa shape index (κ1) is 12.7. The van der Waals surface area contributed by atoms with Crippen LogP contribution in [0.3, 0.4) is 0 Å².